The van der Waals surface area contributed by atoms with Crippen LogP contribution in [-0.4, -0.2) is 18.8 Å². The lowest BCUT2D eigenvalue weighted by Crippen LogP contribution is -2.11. The molecular formula is C12H19NO2. The van der Waals surface area contributed by atoms with Crippen molar-refractivity contribution in [2.45, 2.75) is 26.7 Å². The van der Waals surface area contributed by atoms with Crippen LogP contribution in [0.2, 0.25) is 0 Å². The van der Waals surface area contributed by atoms with Gasteiger partial charge in [0.2, 0.25) is 0 Å². The molecule has 3 heteroatoms. The monoisotopic (exact) mass is 209 g/mol. The summed E-state index contributed by atoms with van der Waals surface area (Å²) in [5, 5.41) is 9.80. The second-order valence-electron chi connectivity index (χ2n) is 3.93. The molecule has 3 N–H and O–H groups in total. The molecule has 0 heterocycles. The third kappa shape index (κ3) is 2.07. The van der Waals surface area contributed by atoms with Gasteiger partial charge in [-0.25, -0.2) is 0 Å². The predicted molar refractivity (Wildman–Crippen MR) is 61.6 cm³/mol. The quantitative estimate of drug-likeness (QED) is 0.801. The number of aryl methyl sites for hydroxylation is 1. The normalized spacial score (nSPS) is 12.6. The number of benzene rings is 1. The van der Waals surface area contributed by atoms with E-state index < -0.39 is 0 Å². The zero-order valence-corrected chi connectivity index (χ0v) is 9.79. The van der Waals surface area contributed by atoms with Gasteiger partial charge in [-0.1, -0.05) is 13.0 Å². The van der Waals surface area contributed by atoms with E-state index in [1.807, 2.05) is 19.9 Å². The molecule has 1 rings (SSSR count). The predicted octanol–water partition coefficient (Wildman–Crippen LogP) is 2.08. The third-order valence-corrected chi connectivity index (χ3v) is 2.82. The van der Waals surface area contributed by atoms with Crippen molar-refractivity contribution in [3.8, 4) is 11.5 Å². The Morgan fingerprint density at radius 2 is 2.07 bits per heavy atom. The maximum atomic E-state index is 9.80. The zero-order chi connectivity index (χ0) is 11.6. The summed E-state index contributed by atoms with van der Waals surface area (Å²) in [5.41, 5.74) is 8.59. The summed E-state index contributed by atoms with van der Waals surface area (Å²) in [5.74, 6) is 1.06. The summed E-state index contributed by atoms with van der Waals surface area (Å²) < 4.78 is 5.20. The topological polar surface area (TPSA) is 55.5 Å². The number of hydrogen-bond acceptors (Lipinski definition) is 3. The molecule has 1 atom stereocenters. The van der Waals surface area contributed by atoms with Gasteiger partial charge in [0.05, 0.1) is 7.11 Å². The maximum absolute atomic E-state index is 9.80. The van der Waals surface area contributed by atoms with Crippen molar-refractivity contribution in [1.82, 2.24) is 0 Å². The van der Waals surface area contributed by atoms with Gasteiger partial charge in [0.25, 0.3) is 0 Å². The fourth-order valence-electron chi connectivity index (χ4n) is 1.79. The Labute approximate surface area is 90.9 Å². The van der Waals surface area contributed by atoms with E-state index in [4.69, 9.17) is 10.5 Å². The molecule has 1 aromatic rings. The minimum atomic E-state index is 0.225. The van der Waals surface area contributed by atoms with Crippen molar-refractivity contribution in [3.05, 3.63) is 22.8 Å². The second kappa shape index (κ2) is 4.53. The minimum Gasteiger partial charge on any atom is -0.504 e. The van der Waals surface area contributed by atoms with E-state index in [1.165, 1.54) is 0 Å². The largest absolute Gasteiger partial charge is 0.504 e. The van der Waals surface area contributed by atoms with Crippen molar-refractivity contribution in [3.63, 3.8) is 0 Å². The Morgan fingerprint density at radius 3 is 2.53 bits per heavy atom. The standard InChI is InChI=1S/C12H19NO2/c1-7-5-10(8(2)6-13)9(3)12(15-4)11(7)14/h5,8,14H,6,13H2,1-4H3. The molecule has 0 spiro atoms. The van der Waals surface area contributed by atoms with E-state index in [0.29, 0.717) is 12.3 Å². The number of phenols is 1. The molecule has 0 radical (unpaired) electrons. The summed E-state index contributed by atoms with van der Waals surface area (Å²) in [6.07, 6.45) is 0. The Kier molecular flexibility index (Phi) is 3.58. The number of rotatable bonds is 3. The van der Waals surface area contributed by atoms with Crippen LogP contribution in [0.25, 0.3) is 0 Å². The van der Waals surface area contributed by atoms with E-state index in [9.17, 15) is 5.11 Å². The number of methoxy groups -OCH3 is 1. The molecule has 84 valence electrons. The summed E-state index contributed by atoms with van der Waals surface area (Å²) in [7, 11) is 1.57. The Bertz CT molecular complexity index is 361. The van der Waals surface area contributed by atoms with Gasteiger partial charge in [-0.15, -0.1) is 0 Å². The van der Waals surface area contributed by atoms with Crippen LogP contribution in [0.1, 0.15) is 29.5 Å². The van der Waals surface area contributed by atoms with E-state index >= 15 is 0 Å². The molecule has 0 aromatic heterocycles. The minimum absolute atomic E-state index is 0.225. The summed E-state index contributed by atoms with van der Waals surface area (Å²) in [4.78, 5) is 0. The number of phenolic OH excluding ortho intramolecular Hbond substituents is 1. The highest BCUT2D eigenvalue weighted by Crippen LogP contribution is 2.37. The average molecular weight is 209 g/mol. The van der Waals surface area contributed by atoms with Crippen LogP contribution in [0.15, 0.2) is 6.07 Å². The molecule has 1 unspecified atom stereocenters. The van der Waals surface area contributed by atoms with Gasteiger partial charge < -0.3 is 15.6 Å². The highest BCUT2D eigenvalue weighted by atomic mass is 16.5. The molecule has 0 aliphatic carbocycles. The maximum Gasteiger partial charge on any atom is 0.163 e. The van der Waals surface area contributed by atoms with Gasteiger partial charge in [-0.05, 0) is 43.0 Å². The number of ether oxygens (including phenoxy) is 1. The highest BCUT2D eigenvalue weighted by molar-refractivity contribution is 5.54. The first-order valence-corrected chi connectivity index (χ1v) is 5.10. The lowest BCUT2D eigenvalue weighted by molar-refractivity contribution is 0.368. The molecular weight excluding hydrogens is 190 g/mol. The molecule has 0 saturated heterocycles. The molecule has 0 fully saturated rings. The van der Waals surface area contributed by atoms with Crippen molar-refractivity contribution < 1.29 is 9.84 Å². The van der Waals surface area contributed by atoms with Crippen LogP contribution in [-0.2, 0) is 0 Å². The SMILES string of the molecule is COc1c(C)c(C(C)CN)cc(C)c1O. The molecule has 0 aliphatic heterocycles. The molecule has 0 aliphatic rings. The van der Waals surface area contributed by atoms with E-state index in [0.717, 1.165) is 16.7 Å². The first-order valence-electron chi connectivity index (χ1n) is 5.10. The summed E-state index contributed by atoms with van der Waals surface area (Å²) >= 11 is 0. The summed E-state index contributed by atoms with van der Waals surface area (Å²) in [6, 6.07) is 1.98. The molecule has 0 amide bonds. The van der Waals surface area contributed by atoms with Crippen molar-refractivity contribution in [1.29, 1.82) is 0 Å². The van der Waals surface area contributed by atoms with Crippen LogP contribution >= 0.6 is 0 Å². The molecule has 0 bridgehead atoms. The van der Waals surface area contributed by atoms with Crippen molar-refractivity contribution in [2.24, 2.45) is 5.73 Å². The van der Waals surface area contributed by atoms with E-state index in [2.05, 4.69) is 6.92 Å². The zero-order valence-electron chi connectivity index (χ0n) is 9.79. The molecule has 15 heavy (non-hydrogen) atoms. The molecule has 0 saturated carbocycles. The Hall–Kier alpha value is -1.22. The van der Waals surface area contributed by atoms with Crippen molar-refractivity contribution >= 4 is 0 Å². The van der Waals surface area contributed by atoms with E-state index in [-0.39, 0.29) is 11.7 Å². The number of hydrogen-bond donors (Lipinski definition) is 2. The lowest BCUT2D eigenvalue weighted by Gasteiger charge is -2.18. The fourth-order valence-corrected chi connectivity index (χ4v) is 1.79. The Balaban J connectivity index is 3.36. The summed E-state index contributed by atoms with van der Waals surface area (Å²) in [6.45, 7) is 6.47. The van der Waals surface area contributed by atoms with Crippen LogP contribution in [0.5, 0.6) is 11.5 Å². The second-order valence-corrected chi connectivity index (χ2v) is 3.93. The molecule has 3 nitrogen and oxygen atoms in total. The van der Waals surface area contributed by atoms with Gasteiger partial charge >= 0.3 is 0 Å². The van der Waals surface area contributed by atoms with E-state index in [1.54, 1.807) is 7.11 Å². The van der Waals surface area contributed by atoms with Gasteiger partial charge in [0.1, 0.15) is 0 Å². The highest BCUT2D eigenvalue weighted by Gasteiger charge is 2.16. The third-order valence-electron chi connectivity index (χ3n) is 2.82. The van der Waals surface area contributed by atoms with Crippen LogP contribution in [0.4, 0.5) is 0 Å². The first kappa shape index (κ1) is 11.9. The number of aromatic hydroxyl groups is 1. The van der Waals surface area contributed by atoms with Gasteiger partial charge in [-0.3, -0.25) is 0 Å². The fraction of sp³-hybridized carbons (Fsp3) is 0.500. The van der Waals surface area contributed by atoms with Crippen molar-refractivity contribution in [2.75, 3.05) is 13.7 Å². The number of nitrogens with two attached hydrogens (primary N) is 1. The van der Waals surface area contributed by atoms with Crippen LogP contribution in [0.3, 0.4) is 0 Å². The molecule has 1 aromatic carbocycles. The van der Waals surface area contributed by atoms with Gasteiger partial charge in [0.15, 0.2) is 11.5 Å². The average Bonchev–Trinajstić information content (AvgIpc) is 2.23. The van der Waals surface area contributed by atoms with Crippen LogP contribution in [0, 0.1) is 13.8 Å². The Morgan fingerprint density at radius 1 is 1.47 bits per heavy atom. The lowest BCUT2D eigenvalue weighted by atomic mass is 9.93. The smallest absolute Gasteiger partial charge is 0.163 e. The van der Waals surface area contributed by atoms with Gasteiger partial charge in [0, 0.05) is 0 Å². The first-order chi connectivity index (χ1) is 7.02. The van der Waals surface area contributed by atoms with Crippen LogP contribution < -0.4 is 10.5 Å². The van der Waals surface area contributed by atoms with Gasteiger partial charge in [-0.2, -0.15) is 0 Å².